The number of nitrogens with one attached hydrogen (secondary N) is 2. The first-order valence-electron chi connectivity index (χ1n) is 11.0. The van der Waals surface area contributed by atoms with Crippen molar-refractivity contribution in [1.82, 2.24) is 5.32 Å². The molecule has 5 fully saturated rings. The Morgan fingerprint density at radius 2 is 1.61 bits per heavy atom. The number of carbonyl (C=O) groups excluding carboxylic acids is 1. The highest BCUT2D eigenvalue weighted by Gasteiger charge is 2.51. The Morgan fingerprint density at radius 1 is 1.00 bits per heavy atom. The van der Waals surface area contributed by atoms with E-state index in [0.29, 0.717) is 16.1 Å². The fraction of sp³-hybridized carbons (Fsp3) is 0.696. The fourth-order valence-electron chi connectivity index (χ4n) is 6.97. The van der Waals surface area contributed by atoms with Gasteiger partial charge in [-0.1, -0.05) is 17.7 Å². The molecule has 4 nitrogen and oxygen atoms in total. The van der Waals surface area contributed by atoms with Crippen molar-refractivity contribution in [1.29, 1.82) is 0 Å². The van der Waals surface area contributed by atoms with Gasteiger partial charge in [-0.2, -0.15) is 0 Å². The fourth-order valence-corrected chi connectivity index (χ4v) is 7.20. The molecule has 5 aliphatic rings. The summed E-state index contributed by atoms with van der Waals surface area (Å²) in [7, 11) is 0. The van der Waals surface area contributed by atoms with E-state index in [9.17, 15) is 9.90 Å². The van der Waals surface area contributed by atoms with E-state index in [0.717, 1.165) is 43.4 Å². The molecule has 0 saturated heterocycles. The van der Waals surface area contributed by atoms with Crippen LogP contribution in [0.5, 0.6) is 0 Å². The lowest BCUT2D eigenvalue weighted by Crippen LogP contribution is -2.48. The van der Waals surface area contributed by atoms with E-state index in [1.807, 2.05) is 6.07 Å². The Kier molecular flexibility index (Phi) is 4.83. The van der Waals surface area contributed by atoms with Crippen molar-refractivity contribution in [2.45, 2.75) is 81.8 Å². The Labute approximate surface area is 172 Å². The summed E-state index contributed by atoms with van der Waals surface area (Å²) in [6, 6.07) is 6.23. The number of halogens is 1. The summed E-state index contributed by atoms with van der Waals surface area (Å²) in [6.45, 7) is 0. The zero-order valence-electron chi connectivity index (χ0n) is 16.4. The molecule has 0 aromatic heterocycles. The molecule has 5 heteroatoms. The third-order valence-electron chi connectivity index (χ3n) is 7.90. The van der Waals surface area contributed by atoms with Gasteiger partial charge in [0.1, 0.15) is 0 Å². The minimum atomic E-state index is -0.215. The zero-order valence-corrected chi connectivity index (χ0v) is 17.2. The summed E-state index contributed by atoms with van der Waals surface area (Å²) in [6.07, 6.45) is 11.2. The molecule has 2 amide bonds. The maximum atomic E-state index is 12.4. The van der Waals surface area contributed by atoms with Gasteiger partial charge in [0, 0.05) is 6.04 Å². The van der Waals surface area contributed by atoms with Gasteiger partial charge >= 0.3 is 6.03 Å². The Hall–Kier alpha value is -1.26. The molecular weight excluding hydrogens is 372 g/mol. The van der Waals surface area contributed by atoms with Crippen molar-refractivity contribution in [3.8, 4) is 0 Å². The second-order valence-corrected chi connectivity index (χ2v) is 10.4. The van der Waals surface area contributed by atoms with Gasteiger partial charge in [0.05, 0.1) is 16.8 Å². The normalized spacial score (nSPS) is 39.0. The van der Waals surface area contributed by atoms with Crippen LogP contribution in [0.4, 0.5) is 10.5 Å². The highest BCUT2D eigenvalue weighted by Crippen LogP contribution is 2.60. The van der Waals surface area contributed by atoms with Crippen molar-refractivity contribution < 1.29 is 9.90 Å². The highest BCUT2D eigenvalue weighted by molar-refractivity contribution is 6.33. The van der Waals surface area contributed by atoms with E-state index >= 15 is 0 Å². The SMILES string of the molecule is O=C(Nc1ccc(C23CC4CC(CC(C4)C2)C3)cc1Cl)NC1CCC(O)CC1. The van der Waals surface area contributed by atoms with Crippen LogP contribution in [0.1, 0.15) is 69.8 Å². The minimum absolute atomic E-state index is 0.133. The van der Waals surface area contributed by atoms with Crippen LogP contribution in [-0.2, 0) is 5.41 Å². The number of benzene rings is 1. The van der Waals surface area contributed by atoms with Crippen molar-refractivity contribution >= 4 is 23.3 Å². The van der Waals surface area contributed by atoms with Crippen LogP contribution in [0.25, 0.3) is 0 Å². The van der Waals surface area contributed by atoms with Gasteiger partial charge in [-0.3, -0.25) is 0 Å². The molecule has 28 heavy (non-hydrogen) atoms. The predicted molar refractivity (Wildman–Crippen MR) is 112 cm³/mol. The second-order valence-electron chi connectivity index (χ2n) is 10.00. The van der Waals surface area contributed by atoms with Crippen LogP contribution in [0, 0.1) is 17.8 Å². The van der Waals surface area contributed by atoms with Gasteiger partial charge in [0.25, 0.3) is 0 Å². The summed E-state index contributed by atoms with van der Waals surface area (Å²) >= 11 is 6.60. The Bertz CT molecular complexity index is 722. The highest BCUT2D eigenvalue weighted by atomic mass is 35.5. The molecule has 1 aromatic carbocycles. The van der Waals surface area contributed by atoms with Crippen LogP contribution in [0.15, 0.2) is 18.2 Å². The van der Waals surface area contributed by atoms with E-state index < -0.39 is 0 Å². The number of aliphatic hydroxyl groups is 1. The van der Waals surface area contributed by atoms with Crippen molar-refractivity contribution in [3.63, 3.8) is 0 Å². The van der Waals surface area contributed by atoms with Crippen molar-refractivity contribution in [2.75, 3.05) is 5.32 Å². The third kappa shape index (κ3) is 3.54. The molecule has 6 rings (SSSR count). The first-order valence-corrected chi connectivity index (χ1v) is 11.4. The average Bonchev–Trinajstić information content (AvgIpc) is 2.64. The summed E-state index contributed by atoms with van der Waals surface area (Å²) < 4.78 is 0. The molecule has 0 radical (unpaired) electrons. The molecule has 1 aromatic rings. The molecule has 3 N–H and O–H groups in total. The molecule has 5 saturated carbocycles. The number of hydrogen-bond acceptors (Lipinski definition) is 2. The number of amides is 2. The van der Waals surface area contributed by atoms with E-state index in [1.54, 1.807) is 0 Å². The third-order valence-corrected chi connectivity index (χ3v) is 8.21. The first kappa shape index (κ1) is 18.7. The number of aliphatic hydroxyl groups excluding tert-OH is 1. The number of hydrogen-bond donors (Lipinski definition) is 3. The van der Waals surface area contributed by atoms with Crippen LogP contribution in [0.3, 0.4) is 0 Å². The molecule has 0 unspecified atom stereocenters. The summed E-state index contributed by atoms with van der Waals surface area (Å²) in [5.41, 5.74) is 2.38. The summed E-state index contributed by atoms with van der Waals surface area (Å²) in [5.74, 6) is 2.72. The van der Waals surface area contributed by atoms with Gasteiger partial charge in [-0.05, 0) is 105 Å². The number of urea groups is 1. The molecule has 0 aliphatic heterocycles. The minimum Gasteiger partial charge on any atom is -0.393 e. The number of rotatable bonds is 3. The van der Waals surface area contributed by atoms with Gasteiger partial charge in [-0.25, -0.2) is 4.79 Å². The summed E-state index contributed by atoms with van der Waals surface area (Å²) in [4.78, 5) is 12.4. The monoisotopic (exact) mass is 402 g/mol. The molecule has 5 aliphatic carbocycles. The summed E-state index contributed by atoms with van der Waals surface area (Å²) in [5, 5.41) is 16.2. The van der Waals surface area contributed by atoms with Crippen molar-refractivity contribution in [2.24, 2.45) is 17.8 Å². The molecular formula is C23H31ClN2O2. The van der Waals surface area contributed by atoms with Gasteiger partial charge < -0.3 is 15.7 Å². The topological polar surface area (TPSA) is 61.4 Å². The lowest BCUT2D eigenvalue weighted by atomic mass is 9.48. The van der Waals surface area contributed by atoms with Crippen LogP contribution < -0.4 is 10.6 Å². The van der Waals surface area contributed by atoms with E-state index in [4.69, 9.17) is 11.6 Å². The lowest BCUT2D eigenvalue weighted by molar-refractivity contribution is -0.00517. The maximum absolute atomic E-state index is 12.4. The van der Waals surface area contributed by atoms with Gasteiger partial charge in [0.2, 0.25) is 0 Å². The molecule has 4 bridgehead atoms. The average molecular weight is 403 g/mol. The molecule has 0 atom stereocenters. The lowest BCUT2D eigenvalue weighted by Gasteiger charge is -2.57. The van der Waals surface area contributed by atoms with Crippen LogP contribution >= 0.6 is 11.6 Å². The van der Waals surface area contributed by atoms with Crippen LogP contribution in [-0.4, -0.2) is 23.3 Å². The largest absolute Gasteiger partial charge is 0.393 e. The molecule has 152 valence electrons. The number of carbonyl (C=O) groups is 1. The second kappa shape index (κ2) is 7.21. The maximum Gasteiger partial charge on any atom is 0.319 e. The van der Waals surface area contributed by atoms with E-state index in [1.165, 1.54) is 44.1 Å². The Balaban J connectivity index is 1.26. The smallest absolute Gasteiger partial charge is 0.319 e. The quantitative estimate of drug-likeness (QED) is 0.648. The Morgan fingerprint density at radius 3 is 2.18 bits per heavy atom. The first-order chi connectivity index (χ1) is 13.5. The van der Waals surface area contributed by atoms with Crippen LogP contribution in [0.2, 0.25) is 5.02 Å². The van der Waals surface area contributed by atoms with Crippen molar-refractivity contribution in [3.05, 3.63) is 28.8 Å². The predicted octanol–water partition coefficient (Wildman–Crippen LogP) is 5.23. The number of anilines is 1. The molecule has 0 spiro atoms. The van der Waals surface area contributed by atoms with Gasteiger partial charge in [0.15, 0.2) is 0 Å². The standard InChI is InChI=1S/C23H31ClN2O2/c24-20-10-17(23-11-14-7-15(12-23)9-16(8-14)13-23)1-6-21(20)26-22(28)25-18-2-4-19(27)5-3-18/h1,6,10,14-16,18-19,27H,2-5,7-9,11-13H2,(H2,25,26,28). The zero-order chi connectivity index (χ0) is 19.3. The van der Waals surface area contributed by atoms with Gasteiger partial charge in [-0.15, -0.1) is 0 Å². The van der Waals surface area contributed by atoms with E-state index in [2.05, 4.69) is 22.8 Å². The van der Waals surface area contributed by atoms with E-state index in [-0.39, 0.29) is 18.2 Å². The molecule has 0 heterocycles.